The molecule has 2 aliphatic heterocycles. The van der Waals surface area contributed by atoms with Crippen LogP contribution < -0.4 is 0 Å². The number of nitrogens with zero attached hydrogens (tertiary/aromatic N) is 1. The van der Waals surface area contributed by atoms with Crippen molar-refractivity contribution in [2.24, 2.45) is 0 Å². The van der Waals surface area contributed by atoms with Crippen LogP contribution in [-0.4, -0.2) is 37.7 Å². The van der Waals surface area contributed by atoms with Gasteiger partial charge in [-0.05, 0) is 52.7 Å². The predicted octanol–water partition coefficient (Wildman–Crippen LogP) is 2.29. The van der Waals surface area contributed by atoms with Crippen LogP contribution in [0.4, 0.5) is 0 Å². The molecule has 2 saturated heterocycles. The minimum absolute atomic E-state index is 0.546. The summed E-state index contributed by atoms with van der Waals surface area (Å²) in [6, 6.07) is 0. The summed E-state index contributed by atoms with van der Waals surface area (Å²) in [7, 11) is 2.19. The van der Waals surface area contributed by atoms with E-state index in [-0.39, 0.29) is 0 Å². The maximum atomic E-state index is 5.15. The summed E-state index contributed by atoms with van der Waals surface area (Å²) in [5, 5.41) is 0. The molecule has 2 fully saturated rings. The van der Waals surface area contributed by atoms with E-state index in [9.17, 15) is 0 Å². The number of hydrogen-bond acceptors (Lipinski definition) is 2. The van der Waals surface area contributed by atoms with Crippen LogP contribution in [0.3, 0.4) is 0 Å². The van der Waals surface area contributed by atoms with Gasteiger partial charge in [-0.25, -0.2) is 0 Å². The second-order valence-corrected chi connectivity index (χ2v) is 4.19. The van der Waals surface area contributed by atoms with E-state index in [0.29, 0.717) is 6.10 Å². The van der Waals surface area contributed by atoms with E-state index in [1.165, 1.54) is 45.2 Å². The molecule has 2 heterocycles. The molecule has 1 unspecified atom stereocenters. The van der Waals surface area contributed by atoms with Crippen molar-refractivity contribution in [3.8, 4) is 0 Å². The molecule has 0 saturated carbocycles. The lowest BCUT2D eigenvalue weighted by molar-refractivity contribution is 0.125. The molecule has 2 rings (SSSR count). The van der Waals surface area contributed by atoms with Gasteiger partial charge in [0.05, 0.1) is 6.10 Å². The molecule has 0 aromatic rings. The molecule has 2 heteroatoms. The number of ether oxygens (including phenoxy) is 1. The van der Waals surface area contributed by atoms with Crippen molar-refractivity contribution in [3.05, 3.63) is 0 Å². The van der Waals surface area contributed by atoms with E-state index in [1.807, 2.05) is 0 Å². The Labute approximate surface area is 82.3 Å². The zero-order valence-electron chi connectivity index (χ0n) is 9.09. The van der Waals surface area contributed by atoms with Crippen molar-refractivity contribution in [1.82, 2.24) is 4.90 Å². The Balaban J connectivity index is 0.000000132. The highest BCUT2D eigenvalue weighted by Crippen LogP contribution is 2.09. The van der Waals surface area contributed by atoms with E-state index in [4.69, 9.17) is 4.74 Å². The topological polar surface area (TPSA) is 12.5 Å². The van der Waals surface area contributed by atoms with Crippen LogP contribution in [0, 0.1) is 0 Å². The first-order valence-electron chi connectivity index (χ1n) is 5.59. The third-order valence-corrected chi connectivity index (χ3v) is 2.74. The smallest absolute Gasteiger partial charge is 0.0547 e. The van der Waals surface area contributed by atoms with Gasteiger partial charge in [-0.3, -0.25) is 0 Å². The molecular weight excluding hydrogens is 162 g/mol. The van der Waals surface area contributed by atoms with Crippen LogP contribution >= 0.6 is 0 Å². The molecule has 78 valence electrons. The van der Waals surface area contributed by atoms with Crippen molar-refractivity contribution < 1.29 is 4.74 Å². The maximum absolute atomic E-state index is 5.15. The Morgan fingerprint density at radius 2 is 1.77 bits per heavy atom. The second-order valence-electron chi connectivity index (χ2n) is 4.19. The van der Waals surface area contributed by atoms with Crippen LogP contribution in [-0.2, 0) is 4.74 Å². The lowest BCUT2D eigenvalue weighted by atomic mass is 10.1. The van der Waals surface area contributed by atoms with E-state index in [1.54, 1.807) is 0 Å². The molecule has 0 radical (unpaired) electrons. The van der Waals surface area contributed by atoms with Gasteiger partial charge in [-0.1, -0.05) is 6.42 Å². The molecule has 0 N–H and O–H groups in total. The third-order valence-electron chi connectivity index (χ3n) is 2.74. The van der Waals surface area contributed by atoms with Gasteiger partial charge in [-0.2, -0.15) is 0 Å². The van der Waals surface area contributed by atoms with Crippen molar-refractivity contribution in [2.75, 3.05) is 26.7 Å². The number of rotatable bonds is 0. The molecule has 1 atom stereocenters. The highest BCUT2D eigenvalue weighted by Gasteiger charge is 2.07. The first-order chi connectivity index (χ1) is 6.29. The van der Waals surface area contributed by atoms with Gasteiger partial charge < -0.3 is 9.64 Å². The highest BCUT2D eigenvalue weighted by atomic mass is 16.5. The Bertz CT molecular complexity index is 115. The molecular formula is C11H23NO. The largest absolute Gasteiger partial charge is 0.379 e. The maximum Gasteiger partial charge on any atom is 0.0547 e. The van der Waals surface area contributed by atoms with Crippen LogP contribution in [0.5, 0.6) is 0 Å². The third kappa shape index (κ3) is 5.27. The second kappa shape index (κ2) is 6.39. The van der Waals surface area contributed by atoms with Crippen LogP contribution in [0.15, 0.2) is 0 Å². The Hall–Kier alpha value is -0.0800. The van der Waals surface area contributed by atoms with Gasteiger partial charge in [0.1, 0.15) is 0 Å². The lowest BCUT2D eigenvalue weighted by Gasteiger charge is -2.20. The molecule has 2 nitrogen and oxygen atoms in total. The fraction of sp³-hybridized carbons (Fsp3) is 1.00. The molecule has 0 spiro atoms. The van der Waals surface area contributed by atoms with Crippen molar-refractivity contribution in [2.45, 2.75) is 45.1 Å². The summed E-state index contributed by atoms with van der Waals surface area (Å²) in [5.74, 6) is 0. The summed E-state index contributed by atoms with van der Waals surface area (Å²) >= 11 is 0. The zero-order valence-corrected chi connectivity index (χ0v) is 9.09. The van der Waals surface area contributed by atoms with Crippen LogP contribution in [0.25, 0.3) is 0 Å². The molecule has 0 amide bonds. The summed E-state index contributed by atoms with van der Waals surface area (Å²) in [6.07, 6.45) is 7.35. The Morgan fingerprint density at radius 1 is 1.08 bits per heavy atom. The van der Waals surface area contributed by atoms with Gasteiger partial charge >= 0.3 is 0 Å². The van der Waals surface area contributed by atoms with Gasteiger partial charge in [0.15, 0.2) is 0 Å². The summed E-state index contributed by atoms with van der Waals surface area (Å²) in [6.45, 7) is 5.74. The molecule has 2 aliphatic rings. The van der Waals surface area contributed by atoms with Gasteiger partial charge in [-0.15, -0.1) is 0 Å². The van der Waals surface area contributed by atoms with E-state index < -0.39 is 0 Å². The lowest BCUT2D eigenvalue weighted by Crippen LogP contribution is -2.24. The monoisotopic (exact) mass is 185 g/mol. The van der Waals surface area contributed by atoms with Crippen LogP contribution in [0.1, 0.15) is 39.0 Å². The average molecular weight is 185 g/mol. The van der Waals surface area contributed by atoms with E-state index in [2.05, 4.69) is 18.9 Å². The predicted molar refractivity (Wildman–Crippen MR) is 56.0 cm³/mol. The van der Waals surface area contributed by atoms with Crippen molar-refractivity contribution >= 4 is 0 Å². The Kier molecular flexibility index (Phi) is 5.40. The summed E-state index contributed by atoms with van der Waals surface area (Å²) in [5.41, 5.74) is 0. The zero-order chi connectivity index (χ0) is 9.52. The standard InChI is InChI=1S/C6H13N.C5H10O/c1-7-5-3-2-4-6-7;1-5-3-2-4-6-5/h2-6H2,1H3;5H,2-4H2,1H3. The fourth-order valence-electron chi connectivity index (χ4n) is 1.79. The molecule has 0 aromatic heterocycles. The molecule has 0 bridgehead atoms. The van der Waals surface area contributed by atoms with Gasteiger partial charge in [0.25, 0.3) is 0 Å². The number of likely N-dealkylation sites (tertiary alicyclic amines) is 1. The van der Waals surface area contributed by atoms with Gasteiger partial charge in [0.2, 0.25) is 0 Å². The van der Waals surface area contributed by atoms with E-state index in [0.717, 1.165) is 6.61 Å². The normalized spacial score (nSPS) is 29.5. The molecule has 0 aromatic carbocycles. The average Bonchev–Trinajstić information content (AvgIpc) is 2.58. The highest BCUT2D eigenvalue weighted by molar-refractivity contribution is 4.58. The van der Waals surface area contributed by atoms with Crippen LogP contribution in [0.2, 0.25) is 0 Å². The molecule has 0 aliphatic carbocycles. The number of hydrogen-bond donors (Lipinski definition) is 0. The SMILES string of the molecule is CC1CCCO1.CN1CCCCC1. The number of piperidine rings is 1. The first kappa shape index (κ1) is 11.0. The fourth-order valence-corrected chi connectivity index (χ4v) is 1.79. The van der Waals surface area contributed by atoms with Crippen molar-refractivity contribution in [1.29, 1.82) is 0 Å². The quantitative estimate of drug-likeness (QED) is 0.574. The summed E-state index contributed by atoms with van der Waals surface area (Å²) < 4.78 is 5.15. The Morgan fingerprint density at radius 3 is 2.00 bits per heavy atom. The van der Waals surface area contributed by atoms with Crippen molar-refractivity contribution in [3.63, 3.8) is 0 Å². The van der Waals surface area contributed by atoms with E-state index >= 15 is 0 Å². The minimum atomic E-state index is 0.546. The van der Waals surface area contributed by atoms with Gasteiger partial charge in [0, 0.05) is 6.61 Å². The molecule has 13 heavy (non-hydrogen) atoms. The first-order valence-corrected chi connectivity index (χ1v) is 5.59. The minimum Gasteiger partial charge on any atom is -0.379 e. The summed E-state index contributed by atoms with van der Waals surface area (Å²) in [4.78, 5) is 2.39.